The van der Waals surface area contributed by atoms with Crippen LogP contribution in [-0.4, -0.2) is 6.21 Å². The first kappa shape index (κ1) is 6.74. The van der Waals surface area contributed by atoms with E-state index < -0.39 is 0 Å². The smallest absolute Gasteiger partial charge is 0.123 e. The summed E-state index contributed by atoms with van der Waals surface area (Å²) in [5.74, 6) is 4.58. The third-order valence-electron chi connectivity index (χ3n) is 1.07. The molecule has 1 aromatic rings. The van der Waals surface area contributed by atoms with Gasteiger partial charge in [-0.1, -0.05) is 12.1 Å². The van der Waals surface area contributed by atoms with E-state index in [4.69, 9.17) is 5.84 Å². The van der Waals surface area contributed by atoms with Gasteiger partial charge in [0.25, 0.3) is 0 Å². The summed E-state index contributed by atoms with van der Waals surface area (Å²) in [5.41, 5.74) is 0.669. The highest BCUT2D eigenvalue weighted by Crippen LogP contribution is 1.99. The fourth-order valence-corrected chi connectivity index (χ4v) is 0.673. The largest absolute Gasteiger partial charge is 0.323 e. The zero-order chi connectivity index (χ0) is 7.40. The number of benzene rings is 1. The highest BCUT2D eigenvalue weighted by Gasteiger charge is 1.88. The Labute approximate surface area is 58.2 Å². The third-order valence-corrected chi connectivity index (χ3v) is 1.07. The number of nitrogens with zero attached hydrogens (tertiary/aromatic N) is 1. The Balaban J connectivity index is 2.95. The quantitative estimate of drug-likeness (QED) is 0.352. The van der Waals surface area contributed by atoms with Gasteiger partial charge < -0.3 is 5.84 Å². The van der Waals surface area contributed by atoms with Crippen molar-refractivity contribution in [3.05, 3.63) is 35.6 Å². The molecule has 1 aromatic carbocycles. The molecular weight excluding hydrogens is 131 g/mol. The molecule has 0 spiro atoms. The van der Waals surface area contributed by atoms with E-state index in [1.807, 2.05) is 0 Å². The van der Waals surface area contributed by atoms with Gasteiger partial charge in [0.2, 0.25) is 0 Å². The van der Waals surface area contributed by atoms with Crippen molar-refractivity contribution in [2.24, 2.45) is 10.9 Å². The van der Waals surface area contributed by atoms with Gasteiger partial charge in [0.05, 0.1) is 6.21 Å². The van der Waals surface area contributed by atoms with E-state index in [-0.39, 0.29) is 5.82 Å². The second-order valence-corrected chi connectivity index (χ2v) is 1.83. The molecule has 52 valence electrons. The number of rotatable bonds is 1. The molecule has 0 saturated heterocycles. The summed E-state index contributed by atoms with van der Waals surface area (Å²) >= 11 is 0. The maximum atomic E-state index is 12.4. The van der Waals surface area contributed by atoms with E-state index in [0.29, 0.717) is 5.56 Å². The number of halogens is 1. The molecule has 0 radical (unpaired) electrons. The summed E-state index contributed by atoms with van der Waals surface area (Å²) in [5, 5.41) is 3.26. The maximum Gasteiger partial charge on any atom is 0.123 e. The average Bonchev–Trinajstić information content (AvgIpc) is 1.88. The Bertz CT molecular complexity index is 245. The maximum absolute atomic E-state index is 12.4. The molecule has 0 aliphatic carbocycles. The summed E-state index contributed by atoms with van der Waals surface area (Å²) in [7, 11) is 0. The van der Waals surface area contributed by atoms with Crippen molar-refractivity contribution in [2.45, 2.75) is 0 Å². The van der Waals surface area contributed by atoms with Gasteiger partial charge in [-0.2, -0.15) is 5.10 Å². The minimum Gasteiger partial charge on any atom is -0.323 e. The summed E-state index contributed by atoms with van der Waals surface area (Å²) in [4.78, 5) is 0. The molecule has 0 aliphatic rings. The monoisotopic (exact) mass is 138 g/mol. The molecule has 0 saturated carbocycles. The predicted octanol–water partition coefficient (Wildman–Crippen LogP) is 1.12. The van der Waals surface area contributed by atoms with Crippen LogP contribution in [0.5, 0.6) is 0 Å². The topological polar surface area (TPSA) is 38.4 Å². The minimum atomic E-state index is -0.280. The van der Waals surface area contributed by atoms with E-state index in [1.54, 1.807) is 12.1 Å². The van der Waals surface area contributed by atoms with Crippen LogP contribution in [0, 0.1) is 5.82 Å². The van der Waals surface area contributed by atoms with Gasteiger partial charge in [-0.15, -0.1) is 0 Å². The van der Waals surface area contributed by atoms with Gasteiger partial charge in [0.15, 0.2) is 0 Å². The second-order valence-electron chi connectivity index (χ2n) is 1.83. The van der Waals surface area contributed by atoms with Crippen LogP contribution in [0.4, 0.5) is 4.39 Å². The minimum absolute atomic E-state index is 0.280. The molecule has 2 N–H and O–H groups in total. The van der Waals surface area contributed by atoms with E-state index in [9.17, 15) is 4.39 Å². The Morgan fingerprint density at radius 1 is 1.50 bits per heavy atom. The van der Waals surface area contributed by atoms with E-state index in [1.165, 1.54) is 18.3 Å². The number of nitrogens with two attached hydrogens (primary N) is 1. The lowest BCUT2D eigenvalue weighted by Crippen LogP contribution is -1.86. The lowest BCUT2D eigenvalue weighted by atomic mass is 10.2. The number of hydrazone groups is 1. The molecule has 1 rings (SSSR count). The summed E-state index contributed by atoms with van der Waals surface area (Å²) in [6.07, 6.45) is 1.39. The molecule has 10 heavy (non-hydrogen) atoms. The van der Waals surface area contributed by atoms with E-state index in [0.717, 1.165) is 0 Å². The Morgan fingerprint density at radius 3 is 2.90 bits per heavy atom. The number of hydrogen-bond acceptors (Lipinski definition) is 2. The van der Waals surface area contributed by atoms with Crippen LogP contribution in [0.3, 0.4) is 0 Å². The van der Waals surface area contributed by atoms with E-state index >= 15 is 0 Å². The fourth-order valence-electron chi connectivity index (χ4n) is 0.673. The van der Waals surface area contributed by atoms with Gasteiger partial charge >= 0.3 is 0 Å². The van der Waals surface area contributed by atoms with Crippen molar-refractivity contribution in [1.82, 2.24) is 0 Å². The van der Waals surface area contributed by atoms with Gasteiger partial charge in [0, 0.05) is 0 Å². The Hall–Kier alpha value is -1.38. The van der Waals surface area contributed by atoms with Crippen molar-refractivity contribution >= 4 is 6.21 Å². The van der Waals surface area contributed by atoms with Gasteiger partial charge in [-0.25, -0.2) is 4.39 Å². The lowest BCUT2D eigenvalue weighted by Gasteiger charge is -1.89. The van der Waals surface area contributed by atoms with Crippen molar-refractivity contribution in [3.8, 4) is 0 Å². The molecule has 0 aromatic heterocycles. The molecule has 0 bridgehead atoms. The van der Waals surface area contributed by atoms with Crippen LogP contribution in [0.15, 0.2) is 29.4 Å². The Morgan fingerprint density at radius 2 is 2.30 bits per heavy atom. The first-order valence-electron chi connectivity index (χ1n) is 2.82. The fraction of sp³-hybridized carbons (Fsp3) is 0. The van der Waals surface area contributed by atoms with Gasteiger partial charge in [0.1, 0.15) is 5.82 Å². The standard InChI is InChI=1S/C7H7FN2/c8-7-3-1-2-6(4-7)5-10-9/h1-5H,9H2. The van der Waals surface area contributed by atoms with Gasteiger partial charge in [-0.05, 0) is 17.7 Å². The van der Waals surface area contributed by atoms with E-state index in [2.05, 4.69) is 5.10 Å². The van der Waals surface area contributed by atoms with Crippen molar-refractivity contribution in [3.63, 3.8) is 0 Å². The van der Waals surface area contributed by atoms with Crippen molar-refractivity contribution < 1.29 is 4.39 Å². The highest BCUT2D eigenvalue weighted by molar-refractivity contribution is 5.79. The van der Waals surface area contributed by atoms with Crippen LogP contribution in [0.25, 0.3) is 0 Å². The molecule has 0 aliphatic heterocycles. The second kappa shape index (κ2) is 2.96. The molecule has 0 heterocycles. The first-order chi connectivity index (χ1) is 4.83. The first-order valence-corrected chi connectivity index (χ1v) is 2.82. The summed E-state index contributed by atoms with van der Waals surface area (Å²) in [6, 6.07) is 6.05. The molecule has 0 atom stereocenters. The van der Waals surface area contributed by atoms with Crippen LogP contribution in [-0.2, 0) is 0 Å². The summed E-state index contributed by atoms with van der Waals surface area (Å²) in [6.45, 7) is 0. The SMILES string of the molecule is NN=Cc1cccc(F)c1. The average molecular weight is 138 g/mol. The van der Waals surface area contributed by atoms with Crippen LogP contribution < -0.4 is 5.84 Å². The molecule has 0 unspecified atom stereocenters. The Kier molecular flexibility index (Phi) is 1.99. The van der Waals surface area contributed by atoms with Crippen LogP contribution >= 0.6 is 0 Å². The third kappa shape index (κ3) is 1.55. The van der Waals surface area contributed by atoms with Gasteiger partial charge in [-0.3, -0.25) is 0 Å². The number of hydrogen-bond donors (Lipinski definition) is 1. The van der Waals surface area contributed by atoms with Crippen LogP contribution in [0.1, 0.15) is 5.56 Å². The molecule has 0 amide bonds. The molecule has 0 fully saturated rings. The summed E-state index contributed by atoms with van der Waals surface area (Å²) < 4.78 is 12.4. The zero-order valence-electron chi connectivity index (χ0n) is 5.29. The zero-order valence-corrected chi connectivity index (χ0v) is 5.29. The van der Waals surface area contributed by atoms with Crippen molar-refractivity contribution in [2.75, 3.05) is 0 Å². The molecule has 2 nitrogen and oxygen atoms in total. The molecule has 3 heteroatoms. The lowest BCUT2D eigenvalue weighted by molar-refractivity contribution is 0.627. The predicted molar refractivity (Wildman–Crippen MR) is 38.2 cm³/mol. The van der Waals surface area contributed by atoms with Crippen LogP contribution in [0.2, 0.25) is 0 Å². The highest BCUT2D eigenvalue weighted by atomic mass is 19.1. The normalized spacial score (nSPS) is 10.5. The molecular formula is C7H7FN2. The van der Waals surface area contributed by atoms with Crippen molar-refractivity contribution in [1.29, 1.82) is 0 Å².